The first-order chi connectivity index (χ1) is 9.90. The van der Waals surface area contributed by atoms with Gasteiger partial charge in [0, 0.05) is 18.5 Å². The van der Waals surface area contributed by atoms with E-state index in [0.29, 0.717) is 18.4 Å². The minimum Gasteiger partial charge on any atom is -0.303 e. The van der Waals surface area contributed by atoms with E-state index in [4.69, 9.17) is 0 Å². The van der Waals surface area contributed by atoms with Crippen LogP contribution in [0, 0.1) is 11.3 Å². The SMILES string of the molecule is CC(C)N1CCC(CN2CCC3(CCC3)CC2)C(F)(F)C1. The monoisotopic (exact) mass is 300 g/mol. The molecule has 0 bridgehead atoms. The van der Waals surface area contributed by atoms with Gasteiger partial charge in [0.1, 0.15) is 0 Å². The van der Waals surface area contributed by atoms with Crippen LogP contribution in [-0.2, 0) is 0 Å². The Bertz CT molecular complexity index is 356. The van der Waals surface area contributed by atoms with Crippen molar-refractivity contribution in [3.63, 3.8) is 0 Å². The van der Waals surface area contributed by atoms with Crippen molar-refractivity contribution in [2.45, 2.75) is 64.3 Å². The van der Waals surface area contributed by atoms with E-state index < -0.39 is 11.8 Å². The van der Waals surface area contributed by atoms with Gasteiger partial charge in [0.15, 0.2) is 0 Å². The highest BCUT2D eigenvalue weighted by atomic mass is 19.3. The van der Waals surface area contributed by atoms with Crippen LogP contribution in [0.2, 0.25) is 0 Å². The van der Waals surface area contributed by atoms with E-state index in [2.05, 4.69) is 4.90 Å². The molecule has 1 unspecified atom stereocenters. The van der Waals surface area contributed by atoms with Crippen molar-refractivity contribution in [3.8, 4) is 0 Å². The maximum atomic E-state index is 14.4. The quantitative estimate of drug-likeness (QED) is 0.785. The summed E-state index contributed by atoms with van der Waals surface area (Å²) in [5, 5.41) is 0. The van der Waals surface area contributed by atoms with Gasteiger partial charge < -0.3 is 4.90 Å². The lowest BCUT2D eigenvalue weighted by Gasteiger charge is -2.49. The second kappa shape index (κ2) is 5.77. The molecule has 1 saturated carbocycles. The molecule has 0 aromatic rings. The molecule has 3 rings (SSSR count). The van der Waals surface area contributed by atoms with E-state index in [1.807, 2.05) is 18.7 Å². The van der Waals surface area contributed by atoms with Crippen molar-refractivity contribution < 1.29 is 8.78 Å². The van der Waals surface area contributed by atoms with Crippen molar-refractivity contribution in [1.29, 1.82) is 0 Å². The molecule has 2 nitrogen and oxygen atoms in total. The van der Waals surface area contributed by atoms with Crippen LogP contribution in [0.25, 0.3) is 0 Å². The summed E-state index contributed by atoms with van der Waals surface area (Å²) >= 11 is 0. The van der Waals surface area contributed by atoms with Gasteiger partial charge in [0.25, 0.3) is 5.92 Å². The zero-order valence-electron chi connectivity index (χ0n) is 13.6. The fraction of sp³-hybridized carbons (Fsp3) is 1.00. The number of nitrogens with zero attached hydrogens (tertiary/aromatic N) is 2. The average molecular weight is 300 g/mol. The topological polar surface area (TPSA) is 6.48 Å². The number of hydrogen-bond donors (Lipinski definition) is 0. The summed E-state index contributed by atoms with van der Waals surface area (Å²) in [6, 6.07) is 0.227. The third-order valence-corrected chi connectivity index (χ3v) is 6.32. The zero-order valence-corrected chi connectivity index (χ0v) is 13.6. The molecule has 2 aliphatic heterocycles. The van der Waals surface area contributed by atoms with Crippen LogP contribution in [0.1, 0.15) is 52.4 Å². The van der Waals surface area contributed by atoms with Gasteiger partial charge in [-0.25, -0.2) is 8.78 Å². The Kier molecular flexibility index (Phi) is 4.30. The molecule has 0 N–H and O–H groups in total. The van der Waals surface area contributed by atoms with E-state index in [9.17, 15) is 8.78 Å². The Morgan fingerprint density at radius 3 is 2.19 bits per heavy atom. The number of piperidine rings is 2. The van der Waals surface area contributed by atoms with Gasteiger partial charge in [-0.15, -0.1) is 0 Å². The van der Waals surface area contributed by atoms with Crippen molar-refractivity contribution in [1.82, 2.24) is 9.80 Å². The molecule has 4 heteroatoms. The molecule has 0 aromatic heterocycles. The molecule has 1 spiro atoms. The molecule has 21 heavy (non-hydrogen) atoms. The molecular weight excluding hydrogens is 270 g/mol. The van der Waals surface area contributed by atoms with Gasteiger partial charge in [-0.3, -0.25) is 4.90 Å². The zero-order chi connectivity index (χ0) is 15.1. The highest BCUT2D eigenvalue weighted by molar-refractivity contribution is 4.94. The summed E-state index contributed by atoms with van der Waals surface area (Å²) in [5.74, 6) is -2.96. The van der Waals surface area contributed by atoms with Crippen molar-refractivity contribution in [2.75, 3.05) is 32.7 Å². The van der Waals surface area contributed by atoms with Gasteiger partial charge in [-0.1, -0.05) is 6.42 Å². The lowest BCUT2D eigenvalue weighted by atomic mass is 9.63. The molecule has 0 aromatic carbocycles. The molecule has 3 fully saturated rings. The van der Waals surface area contributed by atoms with Gasteiger partial charge >= 0.3 is 0 Å². The Balaban J connectivity index is 1.51. The lowest BCUT2D eigenvalue weighted by molar-refractivity contribution is -0.127. The van der Waals surface area contributed by atoms with Crippen LogP contribution in [0.4, 0.5) is 8.78 Å². The Morgan fingerprint density at radius 1 is 1.05 bits per heavy atom. The van der Waals surface area contributed by atoms with Crippen LogP contribution in [-0.4, -0.2) is 54.5 Å². The van der Waals surface area contributed by atoms with Crippen LogP contribution >= 0.6 is 0 Å². The predicted octanol–water partition coefficient (Wildman–Crippen LogP) is 3.62. The van der Waals surface area contributed by atoms with Crippen molar-refractivity contribution in [3.05, 3.63) is 0 Å². The van der Waals surface area contributed by atoms with E-state index in [0.717, 1.165) is 19.6 Å². The molecule has 122 valence electrons. The fourth-order valence-corrected chi connectivity index (χ4v) is 4.38. The average Bonchev–Trinajstić information content (AvgIpc) is 2.39. The van der Waals surface area contributed by atoms with Gasteiger partial charge in [0.2, 0.25) is 0 Å². The fourth-order valence-electron chi connectivity index (χ4n) is 4.38. The van der Waals surface area contributed by atoms with Crippen LogP contribution in [0.3, 0.4) is 0 Å². The van der Waals surface area contributed by atoms with Crippen molar-refractivity contribution in [2.24, 2.45) is 11.3 Å². The first-order valence-electron chi connectivity index (χ1n) is 8.74. The van der Waals surface area contributed by atoms with Gasteiger partial charge in [0.05, 0.1) is 6.54 Å². The second-order valence-electron chi connectivity index (χ2n) is 7.97. The molecule has 0 amide bonds. The third kappa shape index (κ3) is 3.26. The molecule has 3 aliphatic rings. The largest absolute Gasteiger partial charge is 0.303 e. The second-order valence-corrected chi connectivity index (χ2v) is 7.97. The van der Waals surface area contributed by atoms with Crippen LogP contribution in [0.5, 0.6) is 0 Å². The van der Waals surface area contributed by atoms with E-state index in [1.54, 1.807) is 0 Å². The van der Waals surface area contributed by atoms with Crippen LogP contribution in [0.15, 0.2) is 0 Å². The first kappa shape index (κ1) is 15.7. The standard InChI is InChI=1S/C17H30F2N2/c1-14(2)21-9-4-15(17(18,19)13-21)12-20-10-7-16(8-11-20)5-3-6-16/h14-15H,3-13H2,1-2H3. The molecule has 2 saturated heterocycles. The minimum absolute atomic E-state index is 0.0485. The highest BCUT2D eigenvalue weighted by Gasteiger charge is 2.46. The minimum atomic E-state index is -2.52. The predicted molar refractivity (Wildman–Crippen MR) is 81.7 cm³/mol. The molecule has 0 radical (unpaired) electrons. The summed E-state index contributed by atoms with van der Waals surface area (Å²) < 4.78 is 28.8. The molecule has 2 heterocycles. The molecule has 1 atom stereocenters. The Morgan fingerprint density at radius 2 is 1.71 bits per heavy atom. The molecular formula is C17H30F2N2. The Hall–Kier alpha value is -0.220. The van der Waals surface area contributed by atoms with Crippen molar-refractivity contribution >= 4 is 0 Å². The third-order valence-electron chi connectivity index (χ3n) is 6.32. The lowest BCUT2D eigenvalue weighted by Crippen LogP contribution is -2.54. The molecule has 1 aliphatic carbocycles. The van der Waals surface area contributed by atoms with E-state index in [-0.39, 0.29) is 12.6 Å². The number of hydrogen-bond acceptors (Lipinski definition) is 2. The highest BCUT2D eigenvalue weighted by Crippen LogP contribution is 2.49. The number of alkyl halides is 2. The summed E-state index contributed by atoms with van der Waals surface area (Å²) in [5.41, 5.74) is 0.611. The van der Waals surface area contributed by atoms with Gasteiger partial charge in [-0.2, -0.15) is 0 Å². The number of likely N-dealkylation sites (tertiary alicyclic amines) is 2. The van der Waals surface area contributed by atoms with E-state index in [1.165, 1.54) is 32.1 Å². The van der Waals surface area contributed by atoms with E-state index >= 15 is 0 Å². The number of halogens is 2. The van der Waals surface area contributed by atoms with Crippen LogP contribution < -0.4 is 0 Å². The normalized spacial score (nSPS) is 33.3. The number of rotatable bonds is 3. The smallest absolute Gasteiger partial charge is 0.264 e. The summed E-state index contributed by atoms with van der Waals surface area (Å²) in [6.07, 6.45) is 7.26. The Labute approximate surface area is 127 Å². The summed E-state index contributed by atoms with van der Waals surface area (Å²) in [6.45, 7) is 7.50. The summed E-state index contributed by atoms with van der Waals surface area (Å²) in [7, 11) is 0. The maximum Gasteiger partial charge on any atom is 0.264 e. The summed E-state index contributed by atoms with van der Waals surface area (Å²) in [4.78, 5) is 4.24. The maximum absolute atomic E-state index is 14.4. The first-order valence-corrected chi connectivity index (χ1v) is 8.74. The van der Waals surface area contributed by atoms with Gasteiger partial charge in [-0.05, 0) is 71.0 Å².